The summed E-state index contributed by atoms with van der Waals surface area (Å²) in [4.78, 5) is 72.7. The molecule has 0 spiro atoms. The van der Waals surface area contributed by atoms with Gasteiger partial charge in [-0.1, -0.05) is 331 Å². The van der Waals surface area contributed by atoms with Crippen LogP contribution in [0.2, 0.25) is 0 Å². The molecule has 0 radical (unpaired) electrons. The van der Waals surface area contributed by atoms with Gasteiger partial charge in [-0.3, -0.25) is 37.3 Å². The lowest BCUT2D eigenvalue weighted by Crippen LogP contribution is -2.30. The Kier molecular flexibility index (Phi) is 64.3. The molecule has 0 saturated carbocycles. The van der Waals surface area contributed by atoms with Crippen LogP contribution in [0.4, 0.5) is 0 Å². The lowest BCUT2D eigenvalue weighted by atomic mass is 10.0. The zero-order valence-electron chi connectivity index (χ0n) is 61.4. The number of carbonyl (C=O) groups is 4. The first-order chi connectivity index (χ1) is 45.2. The van der Waals surface area contributed by atoms with Crippen molar-refractivity contribution in [1.29, 1.82) is 0 Å². The van der Waals surface area contributed by atoms with Gasteiger partial charge in [0.25, 0.3) is 0 Å². The van der Waals surface area contributed by atoms with Crippen LogP contribution in [0.3, 0.4) is 0 Å². The average Bonchev–Trinajstić information content (AvgIpc) is 1.25. The third-order valence-electron chi connectivity index (χ3n) is 17.4. The van der Waals surface area contributed by atoms with Crippen molar-refractivity contribution in [3.05, 3.63) is 0 Å². The fourth-order valence-electron chi connectivity index (χ4n) is 11.4. The maximum Gasteiger partial charge on any atom is 0.472 e. The Morgan fingerprint density at radius 3 is 0.723 bits per heavy atom. The second-order valence-electron chi connectivity index (χ2n) is 28.5. The van der Waals surface area contributed by atoms with Gasteiger partial charge in [-0.25, -0.2) is 9.13 Å². The molecule has 17 nitrogen and oxygen atoms in total. The SMILES string of the molecule is CCCCCCCCCCC(=O)OC[C@H](COP(=O)(O)OC[C@H](O)COP(=O)(O)OC[C@@H](COC(=O)CCCCCCCCCCCCCCCC(C)C)OC(=O)CCCCCCCCCCCCCCCCC(C)C)OC(=O)CCCCCCCCCCCCC(C)C. The molecule has 0 saturated heterocycles. The van der Waals surface area contributed by atoms with Crippen molar-refractivity contribution in [3.63, 3.8) is 0 Å². The Labute approximate surface area is 575 Å². The number of aliphatic hydroxyl groups excluding tert-OH is 1. The molecule has 0 amide bonds. The van der Waals surface area contributed by atoms with Crippen molar-refractivity contribution >= 4 is 39.5 Å². The van der Waals surface area contributed by atoms with Crippen LogP contribution in [0.1, 0.15) is 382 Å². The molecular weight excluding hydrogens is 1230 g/mol. The molecule has 0 aromatic rings. The Morgan fingerprint density at radius 2 is 0.489 bits per heavy atom. The Bertz CT molecular complexity index is 1840. The number of phosphoric ester groups is 2. The molecule has 0 aromatic carbocycles. The summed E-state index contributed by atoms with van der Waals surface area (Å²) in [6.45, 7) is 11.9. The number of phosphoric acid groups is 2. The molecule has 0 rings (SSSR count). The van der Waals surface area contributed by atoms with Gasteiger partial charge in [0, 0.05) is 25.7 Å². The smallest absolute Gasteiger partial charge is 0.462 e. The summed E-state index contributed by atoms with van der Waals surface area (Å²) >= 11 is 0. The van der Waals surface area contributed by atoms with E-state index in [0.29, 0.717) is 25.7 Å². The topological polar surface area (TPSA) is 237 Å². The molecule has 19 heteroatoms. The normalized spacial score (nSPS) is 14.1. The molecule has 2 unspecified atom stereocenters. The van der Waals surface area contributed by atoms with E-state index in [2.05, 4.69) is 48.5 Å². The van der Waals surface area contributed by atoms with Crippen LogP contribution in [0.25, 0.3) is 0 Å². The molecule has 0 aliphatic heterocycles. The van der Waals surface area contributed by atoms with E-state index < -0.39 is 97.5 Å². The van der Waals surface area contributed by atoms with Gasteiger partial charge in [-0.05, 0) is 43.4 Å². The highest BCUT2D eigenvalue weighted by Gasteiger charge is 2.30. The van der Waals surface area contributed by atoms with Gasteiger partial charge >= 0.3 is 39.5 Å². The predicted octanol–water partition coefficient (Wildman–Crippen LogP) is 21.8. The quantitative estimate of drug-likeness (QED) is 0.0222. The first kappa shape index (κ1) is 92.1. The van der Waals surface area contributed by atoms with Crippen molar-refractivity contribution in [2.45, 2.75) is 401 Å². The fraction of sp³-hybridized carbons (Fsp3) is 0.947. The molecule has 0 aliphatic rings. The summed E-state index contributed by atoms with van der Waals surface area (Å²) in [6.07, 6.45) is 51.3. The van der Waals surface area contributed by atoms with Crippen LogP contribution < -0.4 is 0 Å². The third-order valence-corrected chi connectivity index (χ3v) is 19.3. The van der Waals surface area contributed by atoms with Gasteiger partial charge in [-0.15, -0.1) is 0 Å². The van der Waals surface area contributed by atoms with Crippen LogP contribution in [0, 0.1) is 17.8 Å². The van der Waals surface area contributed by atoms with Crippen molar-refractivity contribution < 1.29 is 80.2 Å². The second kappa shape index (κ2) is 65.7. The number of rotatable bonds is 73. The molecule has 558 valence electrons. The van der Waals surface area contributed by atoms with E-state index >= 15 is 0 Å². The van der Waals surface area contributed by atoms with Crippen LogP contribution in [-0.4, -0.2) is 96.7 Å². The summed E-state index contributed by atoms with van der Waals surface area (Å²) in [5.74, 6) is 0.218. The van der Waals surface area contributed by atoms with Gasteiger partial charge in [0.1, 0.15) is 19.3 Å². The van der Waals surface area contributed by atoms with E-state index in [1.165, 1.54) is 186 Å². The molecule has 3 N–H and O–H groups in total. The Hall–Kier alpha value is -1.94. The van der Waals surface area contributed by atoms with E-state index in [4.69, 9.17) is 37.0 Å². The van der Waals surface area contributed by atoms with E-state index in [0.717, 1.165) is 114 Å². The summed E-state index contributed by atoms with van der Waals surface area (Å²) in [5.41, 5.74) is 0. The van der Waals surface area contributed by atoms with Gasteiger partial charge < -0.3 is 33.8 Å². The van der Waals surface area contributed by atoms with Gasteiger partial charge in [0.15, 0.2) is 12.2 Å². The number of esters is 4. The first-order valence-corrected chi connectivity index (χ1v) is 41.8. The number of hydrogen-bond donors (Lipinski definition) is 3. The van der Waals surface area contributed by atoms with E-state index in [9.17, 15) is 43.2 Å². The molecule has 0 aliphatic carbocycles. The number of ether oxygens (including phenoxy) is 4. The zero-order chi connectivity index (χ0) is 69.4. The highest BCUT2D eigenvalue weighted by atomic mass is 31.2. The number of carbonyl (C=O) groups excluding carboxylic acids is 4. The third kappa shape index (κ3) is 68.6. The molecule has 5 atom stereocenters. The van der Waals surface area contributed by atoms with Crippen molar-refractivity contribution in [3.8, 4) is 0 Å². The highest BCUT2D eigenvalue weighted by Crippen LogP contribution is 2.45. The van der Waals surface area contributed by atoms with E-state index in [-0.39, 0.29) is 25.7 Å². The summed E-state index contributed by atoms with van der Waals surface area (Å²) < 4.78 is 68.4. The van der Waals surface area contributed by atoms with Crippen LogP contribution in [0.15, 0.2) is 0 Å². The number of hydrogen-bond acceptors (Lipinski definition) is 15. The second-order valence-corrected chi connectivity index (χ2v) is 31.4. The first-order valence-electron chi connectivity index (χ1n) is 38.8. The molecule has 94 heavy (non-hydrogen) atoms. The average molecular weight is 1380 g/mol. The predicted molar refractivity (Wildman–Crippen MR) is 381 cm³/mol. The summed E-state index contributed by atoms with van der Waals surface area (Å²) in [5, 5.41) is 10.6. The molecular formula is C75H146O17P2. The monoisotopic (exact) mass is 1380 g/mol. The maximum absolute atomic E-state index is 13.1. The van der Waals surface area contributed by atoms with Crippen molar-refractivity contribution in [2.24, 2.45) is 17.8 Å². The Balaban J connectivity index is 5.22. The number of aliphatic hydroxyl groups is 1. The maximum atomic E-state index is 13.1. The van der Waals surface area contributed by atoms with Crippen LogP contribution in [-0.2, 0) is 65.4 Å². The lowest BCUT2D eigenvalue weighted by Gasteiger charge is -2.21. The number of unbranched alkanes of at least 4 members (excludes halogenated alkanes) is 41. The van der Waals surface area contributed by atoms with Crippen LogP contribution >= 0.6 is 15.6 Å². The molecule has 0 aromatic heterocycles. The molecule has 0 heterocycles. The largest absolute Gasteiger partial charge is 0.472 e. The van der Waals surface area contributed by atoms with Crippen molar-refractivity contribution in [2.75, 3.05) is 39.6 Å². The van der Waals surface area contributed by atoms with Gasteiger partial charge in [0.05, 0.1) is 26.4 Å². The van der Waals surface area contributed by atoms with E-state index in [1.807, 2.05) is 0 Å². The van der Waals surface area contributed by atoms with E-state index in [1.54, 1.807) is 0 Å². The summed E-state index contributed by atoms with van der Waals surface area (Å²) in [7, 11) is -9.91. The molecule has 0 fully saturated rings. The minimum Gasteiger partial charge on any atom is -0.462 e. The van der Waals surface area contributed by atoms with Gasteiger partial charge in [-0.2, -0.15) is 0 Å². The standard InChI is InChI=1S/C75H146O17P2/c1-8-9-10-11-12-35-42-49-56-72(77)85-62-70(91-75(80)59-52-45-38-31-25-24-28-34-41-48-55-68(6)7)64-89-93(81,82)87-60-69(76)61-88-94(83,84)90-65-71(63-86-73(78)57-50-43-36-29-22-19-15-17-21-27-33-40-47-54-67(4)5)92-74(79)58-51-44-37-30-23-18-14-13-16-20-26-32-39-46-53-66(2)3/h66-71,76H,8-65H2,1-7H3,(H,81,82)(H,83,84)/t69-,70+,71+/m0/s1. The van der Waals surface area contributed by atoms with Crippen molar-refractivity contribution in [1.82, 2.24) is 0 Å². The lowest BCUT2D eigenvalue weighted by molar-refractivity contribution is -0.161. The zero-order valence-corrected chi connectivity index (χ0v) is 63.2. The minimum absolute atomic E-state index is 0.106. The van der Waals surface area contributed by atoms with Gasteiger partial charge in [0.2, 0.25) is 0 Å². The Morgan fingerprint density at radius 1 is 0.287 bits per heavy atom. The highest BCUT2D eigenvalue weighted by molar-refractivity contribution is 7.47. The fourth-order valence-corrected chi connectivity index (χ4v) is 13.0. The summed E-state index contributed by atoms with van der Waals surface area (Å²) in [6, 6.07) is 0. The van der Waals surface area contributed by atoms with Crippen LogP contribution in [0.5, 0.6) is 0 Å². The molecule has 0 bridgehead atoms. The minimum atomic E-state index is -4.96.